The Bertz CT molecular complexity index is 935. The molecular weight excluding hydrogens is 422 g/mol. The van der Waals surface area contributed by atoms with Crippen molar-refractivity contribution < 1.29 is 22.3 Å². The van der Waals surface area contributed by atoms with Gasteiger partial charge in [-0.2, -0.15) is 18.3 Å². The van der Waals surface area contributed by atoms with E-state index in [1.807, 2.05) is 6.92 Å². The number of hydrazone groups is 1. The summed E-state index contributed by atoms with van der Waals surface area (Å²) in [6, 6.07) is 13.3. The third kappa shape index (κ3) is 4.69. The van der Waals surface area contributed by atoms with E-state index in [2.05, 4.69) is 10.0 Å². The van der Waals surface area contributed by atoms with Gasteiger partial charge in [0, 0.05) is 37.5 Å². The zero-order valence-corrected chi connectivity index (χ0v) is 18.1. The molecule has 2 atom stereocenters. The Labute approximate surface area is 185 Å². The van der Waals surface area contributed by atoms with E-state index >= 15 is 0 Å². The third-order valence-electron chi connectivity index (χ3n) is 6.28. The summed E-state index contributed by atoms with van der Waals surface area (Å²) in [7, 11) is 0. The van der Waals surface area contributed by atoms with Crippen molar-refractivity contribution in [1.29, 1.82) is 0 Å². The molecule has 2 aromatic carbocycles. The minimum Gasteiger partial charge on any atom is -0.490 e. The molecule has 4 rings (SSSR count). The summed E-state index contributed by atoms with van der Waals surface area (Å²) in [4.78, 5) is 2.21. The molecule has 0 radical (unpaired) electrons. The molecule has 2 heterocycles. The van der Waals surface area contributed by atoms with Crippen LogP contribution < -0.4 is 14.6 Å². The molecule has 172 valence electrons. The molecule has 2 aliphatic heterocycles. The summed E-state index contributed by atoms with van der Waals surface area (Å²) in [5, 5.41) is 5.39. The Hall–Kier alpha value is -2.77. The fourth-order valence-corrected chi connectivity index (χ4v) is 4.52. The Morgan fingerprint density at radius 1 is 0.969 bits per heavy atom. The van der Waals surface area contributed by atoms with Gasteiger partial charge in [0.1, 0.15) is 23.4 Å². The molecule has 0 amide bonds. The molecule has 2 aliphatic rings. The zero-order chi connectivity index (χ0) is 22.9. The summed E-state index contributed by atoms with van der Waals surface area (Å²) in [6.45, 7) is 5.08. The number of anilines is 2. The first-order valence-electron chi connectivity index (χ1n) is 11.0. The minimum absolute atomic E-state index is 0.0580. The van der Waals surface area contributed by atoms with E-state index in [4.69, 9.17) is 4.74 Å². The quantitative estimate of drug-likeness (QED) is 0.522. The number of rotatable bonds is 5. The van der Waals surface area contributed by atoms with Crippen molar-refractivity contribution in [3.63, 3.8) is 0 Å². The van der Waals surface area contributed by atoms with E-state index in [9.17, 15) is 17.6 Å². The summed E-state index contributed by atoms with van der Waals surface area (Å²) in [5.41, 5.74) is 0.900. The number of ether oxygens (including phenoxy) is 1. The zero-order valence-electron chi connectivity index (χ0n) is 18.1. The van der Waals surface area contributed by atoms with Crippen LogP contribution in [0.5, 0.6) is 5.75 Å². The van der Waals surface area contributed by atoms with Crippen molar-refractivity contribution in [3.05, 3.63) is 54.3 Å². The van der Waals surface area contributed by atoms with E-state index in [-0.39, 0.29) is 18.0 Å². The van der Waals surface area contributed by atoms with Crippen LogP contribution in [0.3, 0.4) is 0 Å². The van der Waals surface area contributed by atoms with Crippen molar-refractivity contribution in [2.45, 2.75) is 51.4 Å². The molecule has 1 saturated heterocycles. The Morgan fingerprint density at radius 2 is 1.56 bits per heavy atom. The number of benzene rings is 2. The Kier molecular flexibility index (Phi) is 6.31. The van der Waals surface area contributed by atoms with E-state index in [0.29, 0.717) is 17.9 Å². The van der Waals surface area contributed by atoms with E-state index in [0.717, 1.165) is 31.6 Å². The average molecular weight is 449 g/mol. The number of nitrogens with zero attached hydrogens (tertiary/aromatic N) is 3. The lowest BCUT2D eigenvalue weighted by atomic mass is 9.95. The minimum atomic E-state index is -4.42. The monoisotopic (exact) mass is 449 g/mol. The maximum atomic E-state index is 13.3. The molecule has 2 aromatic rings. The van der Waals surface area contributed by atoms with Gasteiger partial charge in [-0.05, 0) is 55.0 Å². The molecule has 32 heavy (non-hydrogen) atoms. The second-order valence-electron chi connectivity index (χ2n) is 8.37. The van der Waals surface area contributed by atoms with Gasteiger partial charge in [0.15, 0.2) is 0 Å². The van der Waals surface area contributed by atoms with Crippen LogP contribution in [0.15, 0.2) is 53.6 Å². The molecule has 1 unspecified atom stereocenters. The molecule has 0 aromatic heterocycles. The Balaban J connectivity index is 1.37. The first kappa shape index (κ1) is 22.4. The van der Waals surface area contributed by atoms with Crippen LogP contribution in [0, 0.1) is 11.7 Å². The smallest absolute Gasteiger partial charge is 0.431 e. The van der Waals surface area contributed by atoms with Gasteiger partial charge in [-0.25, -0.2) is 4.39 Å². The summed E-state index contributed by atoms with van der Waals surface area (Å²) >= 11 is 0. The molecule has 0 N–H and O–H groups in total. The molecule has 1 fully saturated rings. The van der Waals surface area contributed by atoms with Crippen LogP contribution in [0.4, 0.5) is 28.9 Å². The molecule has 0 spiro atoms. The van der Waals surface area contributed by atoms with Crippen LogP contribution in [0.1, 0.15) is 33.1 Å². The van der Waals surface area contributed by atoms with Crippen LogP contribution in [0.2, 0.25) is 0 Å². The van der Waals surface area contributed by atoms with Crippen molar-refractivity contribution in [2.24, 2.45) is 11.0 Å². The van der Waals surface area contributed by atoms with Gasteiger partial charge in [0.05, 0.1) is 11.7 Å². The molecule has 0 saturated carbocycles. The van der Waals surface area contributed by atoms with E-state index < -0.39 is 17.8 Å². The summed E-state index contributed by atoms with van der Waals surface area (Å²) < 4.78 is 59.1. The first-order chi connectivity index (χ1) is 15.3. The highest BCUT2D eigenvalue weighted by molar-refractivity contribution is 5.95. The fourth-order valence-electron chi connectivity index (χ4n) is 4.52. The van der Waals surface area contributed by atoms with Gasteiger partial charge in [-0.1, -0.05) is 13.8 Å². The standard InChI is InChI=1S/C24H27F4N3O/c1-3-22-16(2)23(24(26,27)28)29-31(22)19-8-10-20(11-9-19)32-21-12-14-30(15-13-21)18-6-4-17(25)5-7-18/h4-11,16,21-22H,3,12-15H2,1-2H3/t16?,22-/m0/s1. The summed E-state index contributed by atoms with van der Waals surface area (Å²) in [5.74, 6) is -0.235. The lowest BCUT2D eigenvalue weighted by molar-refractivity contribution is -0.0620. The van der Waals surface area contributed by atoms with Gasteiger partial charge in [-0.15, -0.1) is 0 Å². The van der Waals surface area contributed by atoms with Crippen molar-refractivity contribution >= 4 is 17.1 Å². The molecule has 4 nitrogen and oxygen atoms in total. The lowest BCUT2D eigenvalue weighted by Gasteiger charge is -2.33. The Morgan fingerprint density at radius 3 is 2.12 bits per heavy atom. The molecule has 0 bridgehead atoms. The number of piperidine rings is 1. The molecular formula is C24H27F4N3O. The fraction of sp³-hybridized carbons (Fsp3) is 0.458. The van der Waals surface area contributed by atoms with Gasteiger partial charge >= 0.3 is 6.18 Å². The van der Waals surface area contributed by atoms with E-state index in [1.165, 1.54) is 17.1 Å². The van der Waals surface area contributed by atoms with Gasteiger partial charge in [0.2, 0.25) is 0 Å². The highest BCUT2D eigenvalue weighted by atomic mass is 19.4. The van der Waals surface area contributed by atoms with Gasteiger partial charge in [-0.3, -0.25) is 5.01 Å². The van der Waals surface area contributed by atoms with E-state index in [1.54, 1.807) is 43.3 Å². The maximum absolute atomic E-state index is 13.3. The topological polar surface area (TPSA) is 28.1 Å². The summed E-state index contributed by atoms with van der Waals surface area (Å²) in [6.07, 6.45) is -2.13. The highest BCUT2D eigenvalue weighted by Gasteiger charge is 2.47. The van der Waals surface area contributed by atoms with Crippen LogP contribution in [-0.4, -0.2) is 37.1 Å². The van der Waals surface area contributed by atoms with Gasteiger partial charge < -0.3 is 9.64 Å². The third-order valence-corrected chi connectivity index (χ3v) is 6.28. The second kappa shape index (κ2) is 9.00. The van der Waals surface area contributed by atoms with Gasteiger partial charge in [0.25, 0.3) is 0 Å². The predicted octanol–water partition coefficient (Wildman–Crippen LogP) is 6.03. The largest absolute Gasteiger partial charge is 0.490 e. The SMILES string of the molecule is CC[C@H]1C(C)C(C(F)(F)F)=NN1c1ccc(OC2CCN(c3ccc(F)cc3)CC2)cc1. The number of alkyl halides is 3. The number of halogens is 4. The highest BCUT2D eigenvalue weighted by Crippen LogP contribution is 2.36. The predicted molar refractivity (Wildman–Crippen MR) is 118 cm³/mol. The van der Waals surface area contributed by atoms with Crippen LogP contribution in [-0.2, 0) is 0 Å². The average Bonchev–Trinajstić information content (AvgIpc) is 3.12. The van der Waals surface area contributed by atoms with Crippen molar-refractivity contribution in [2.75, 3.05) is 23.0 Å². The number of hydrogen-bond acceptors (Lipinski definition) is 4. The lowest BCUT2D eigenvalue weighted by Crippen LogP contribution is -2.38. The normalized spacial score (nSPS) is 22.2. The van der Waals surface area contributed by atoms with Crippen LogP contribution in [0.25, 0.3) is 0 Å². The van der Waals surface area contributed by atoms with Crippen molar-refractivity contribution in [3.8, 4) is 5.75 Å². The second-order valence-corrected chi connectivity index (χ2v) is 8.37. The van der Waals surface area contributed by atoms with Crippen molar-refractivity contribution in [1.82, 2.24) is 0 Å². The maximum Gasteiger partial charge on any atom is 0.431 e. The van der Waals surface area contributed by atoms with Crippen LogP contribution >= 0.6 is 0 Å². The molecule has 0 aliphatic carbocycles. The number of hydrogen-bond donors (Lipinski definition) is 0. The molecule has 8 heteroatoms. The first-order valence-corrected chi connectivity index (χ1v) is 11.0.